The lowest BCUT2D eigenvalue weighted by molar-refractivity contribution is -0.137. The monoisotopic (exact) mass is 296 g/mol. The molecule has 1 aromatic carbocycles. The number of amides is 2. The SMILES string of the molecule is CCC(O)(O)Nc1cccc(NC(=O)NCCN(C)C)c1. The van der Waals surface area contributed by atoms with Crippen LogP contribution in [0.15, 0.2) is 24.3 Å². The van der Waals surface area contributed by atoms with Gasteiger partial charge in [0.25, 0.3) is 0 Å². The molecule has 0 atom stereocenters. The first-order valence-corrected chi connectivity index (χ1v) is 6.85. The Morgan fingerprint density at radius 3 is 2.57 bits per heavy atom. The van der Waals surface area contributed by atoms with Crippen LogP contribution in [0.2, 0.25) is 0 Å². The molecule has 1 rings (SSSR count). The summed E-state index contributed by atoms with van der Waals surface area (Å²) in [6.45, 7) is 2.94. The molecule has 0 aliphatic carbocycles. The van der Waals surface area contributed by atoms with Gasteiger partial charge in [-0.2, -0.15) is 0 Å². The topological polar surface area (TPSA) is 96.9 Å². The summed E-state index contributed by atoms with van der Waals surface area (Å²) in [5.74, 6) is -1.97. The summed E-state index contributed by atoms with van der Waals surface area (Å²) in [4.78, 5) is 13.7. The Morgan fingerprint density at radius 1 is 1.29 bits per heavy atom. The lowest BCUT2D eigenvalue weighted by Crippen LogP contribution is -2.36. The molecule has 0 aliphatic heterocycles. The zero-order valence-corrected chi connectivity index (χ0v) is 12.7. The Kier molecular flexibility index (Phi) is 6.41. The van der Waals surface area contributed by atoms with Crippen LogP contribution >= 0.6 is 0 Å². The van der Waals surface area contributed by atoms with Crippen LogP contribution in [0.1, 0.15) is 13.3 Å². The fourth-order valence-corrected chi connectivity index (χ4v) is 1.56. The van der Waals surface area contributed by atoms with E-state index in [1.54, 1.807) is 31.2 Å². The highest BCUT2D eigenvalue weighted by Crippen LogP contribution is 2.18. The van der Waals surface area contributed by atoms with Crippen molar-refractivity contribution in [3.05, 3.63) is 24.3 Å². The fraction of sp³-hybridized carbons (Fsp3) is 0.500. The van der Waals surface area contributed by atoms with Gasteiger partial charge in [0.2, 0.25) is 5.91 Å². The van der Waals surface area contributed by atoms with Gasteiger partial charge in [0.15, 0.2) is 0 Å². The number of anilines is 2. The molecule has 2 amide bonds. The van der Waals surface area contributed by atoms with E-state index in [4.69, 9.17) is 0 Å². The smallest absolute Gasteiger partial charge is 0.319 e. The molecule has 0 bridgehead atoms. The molecule has 118 valence electrons. The van der Waals surface area contributed by atoms with Gasteiger partial charge in [0.1, 0.15) is 0 Å². The number of benzene rings is 1. The molecule has 0 aliphatic rings. The minimum Gasteiger partial charge on any atom is -0.349 e. The number of urea groups is 1. The number of nitrogens with one attached hydrogen (secondary N) is 3. The molecule has 0 saturated carbocycles. The van der Waals surface area contributed by atoms with E-state index in [1.807, 2.05) is 19.0 Å². The Labute approximate surface area is 125 Å². The van der Waals surface area contributed by atoms with E-state index in [-0.39, 0.29) is 12.5 Å². The van der Waals surface area contributed by atoms with E-state index in [2.05, 4.69) is 16.0 Å². The summed E-state index contributed by atoms with van der Waals surface area (Å²) >= 11 is 0. The van der Waals surface area contributed by atoms with Crippen molar-refractivity contribution in [2.75, 3.05) is 37.8 Å². The third kappa shape index (κ3) is 6.94. The highest BCUT2D eigenvalue weighted by Gasteiger charge is 2.19. The Hall–Kier alpha value is -1.83. The van der Waals surface area contributed by atoms with Gasteiger partial charge in [-0.1, -0.05) is 13.0 Å². The predicted molar refractivity (Wildman–Crippen MR) is 83.1 cm³/mol. The van der Waals surface area contributed by atoms with Gasteiger partial charge in [-0.25, -0.2) is 4.79 Å². The van der Waals surface area contributed by atoms with Crippen molar-refractivity contribution < 1.29 is 15.0 Å². The number of carbonyl (C=O) groups excluding carboxylic acids is 1. The highest BCUT2D eigenvalue weighted by molar-refractivity contribution is 5.89. The van der Waals surface area contributed by atoms with E-state index in [9.17, 15) is 15.0 Å². The van der Waals surface area contributed by atoms with Crippen LogP contribution in [0, 0.1) is 0 Å². The standard InChI is InChI=1S/C14H24N4O3/c1-4-14(20,21)17-12-7-5-6-11(10-12)16-13(19)15-8-9-18(2)3/h5-7,10,17,20-21H,4,8-9H2,1-3H3,(H2,15,16,19). The van der Waals surface area contributed by atoms with E-state index < -0.39 is 5.91 Å². The van der Waals surface area contributed by atoms with Gasteiger partial charge in [0, 0.05) is 30.9 Å². The number of nitrogens with zero attached hydrogens (tertiary/aromatic N) is 1. The molecular formula is C14H24N4O3. The quantitative estimate of drug-likeness (QED) is 0.480. The van der Waals surface area contributed by atoms with Crippen molar-refractivity contribution in [2.24, 2.45) is 0 Å². The maximum Gasteiger partial charge on any atom is 0.319 e. The van der Waals surface area contributed by atoms with Gasteiger partial charge in [-0.05, 0) is 32.3 Å². The van der Waals surface area contributed by atoms with Crippen LogP contribution < -0.4 is 16.0 Å². The zero-order chi connectivity index (χ0) is 15.9. The number of likely N-dealkylation sites (N-methyl/N-ethyl adjacent to an activating group) is 1. The number of hydrogen-bond acceptors (Lipinski definition) is 5. The fourth-order valence-electron chi connectivity index (χ4n) is 1.56. The van der Waals surface area contributed by atoms with Crippen LogP contribution in [0.25, 0.3) is 0 Å². The summed E-state index contributed by atoms with van der Waals surface area (Å²) in [5, 5.41) is 27.1. The molecule has 0 radical (unpaired) electrons. The number of carbonyl (C=O) groups is 1. The maximum atomic E-state index is 11.7. The molecule has 7 heteroatoms. The summed E-state index contributed by atoms with van der Waals surface area (Å²) in [7, 11) is 3.86. The minimum absolute atomic E-state index is 0.135. The van der Waals surface area contributed by atoms with Gasteiger partial charge < -0.3 is 31.1 Å². The van der Waals surface area contributed by atoms with Gasteiger partial charge in [-0.15, -0.1) is 0 Å². The average Bonchev–Trinajstić information content (AvgIpc) is 2.38. The molecule has 1 aromatic rings. The lowest BCUT2D eigenvalue weighted by Gasteiger charge is -2.22. The van der Waals surface area contributed by atoms with Crippen molar-refractivity contribution in [2.45, 2.75) is 19.3 Å². The first kappa shape index (κ1) is 17.2. The second-order valence-electron chi connectivity index (χ2n) is 5.06. The Balaban J connectivity index is 2.54. The highest BCUT2D eigenvalue weighted by atomic mass is 16.5. The van der Waals surface area contributed by atoms with E-state index >= 15 is 0 Å². The molecule has 0 aromatic heterocycles. The number of rotatable bonds is 7. The van der Waals surface area contributed by atoms with E-state index in [0.29, 0.717) is 17.9 Å². The summed E-state index contributed by atoms with van der Waals surface area (Å²) in [6.07, 6.45) is 0.135. The van der Waals surface area contributed by atoms with Crippen LogP contribution in [0.4, 0.5) is 16.2 Å². The first-order valence-electron chi connectivity index (χ1n) is 6.85. The third-order valence-corrected chi connectivity index (χ3v) is 2.80. The molecule has 0 fully saturated rings. The van der Waals surface area contributed by atoms with Crippen LogP contribution in [0.5, 0.6) is 0 Å². The third-order valence-electron chi connectivity index (χ3n) is 2.80. The second-order valence-corrected chi connectivity index (χ2v) is 5.06. The molecule has 0 unspecified atom stereocenters. The van der Waals surface area contributed by atoms with Crippen molar-refractivity contribution in [1.82, 2.24) is 10.2 Å². The molecule has 21 heavy (non-hydrogen) atoms. The molecule has 0 heterocycles. The summed E-state index contributed by atoms with van der Waals surface area (Å²) < 4.78 is 0. The van der Waals surface area contributed by atoms with Crippen molar-refractivity contribution >= 4 is 17.4 Å². The van der Waals surface area contributed by atoms with Gasteiger partial charge in [-0.3, -0.25) is 0 Å². The Morgan fingerprint density at radius 2 is 1.95 bits per heavy atom. The minimum atomic E-state index is -1.97. The first-order chi connectivity index (χ1) is 9.82. The maximum absolute atomic E-state index is 11.7. The average molecular weight is 296 g/mol. The normalized spacial score (nSPS) is 11.3. The molecule has 7 nitrogen and oxygen atoms in total. The van der Waals surface area contributed by atoms with Gasteiger partial charge in [0.05, 0.1) is 0 Å². The number of aliphatic hydroxyl groups is 2. The lowest BCUT2D eigenvalue weighted by atomic mass is 10.2. The van der Waals surface area contributed by atoms with Gasteiger partial charge >= 0.3 is 6.03 Å². The van der Waals surface area contributed by atoms with Crippen molar-refractivity contribution in [3.63, 3.8) is 0 Å². The Bertz CT molecular complexity index is 463. The van der Waals surface area contributed by atoms with E-state index in [0.717, 1.165) is 6.54 Å². The predicted octanol–water partition coefficient (Wildman–Crippen LogP) is 0.830. The van der Waals surface area contributed by atoms with Crippen LogP contribution in [0.3, 0.4) is 0 Å². The second kappa shape index (κ2) is 7.82. The van der Waals surface area contributed by atoms with Crippen molar-refractivity contribution in [3.8, 4) is 0 Å². The zero-order valence-electron chi connectivity index (χ0n) is 12.7. The summed E-state index contributed by atoms with van der Waals surface area (Å²) in [6, 6.07) is 6.44. The van der Waals surface area contributed by atoms with Crippen LogP contribution in [-0.2, 0) is 0 Å². The molecule has 5 N–H and O–H groups in total. The molecule has 0 saturated heterocycles. The summed E-state index contributed by atoms with van der Waals surface area (Å²) in [5.41, 5.74) is 1.07. The molecular weight excluding hydrogens is 272 g/mol. The molecule has 0 spiro atoms. The van der Waals surface area contributed by atoms with Crippen LogP contribution in [-0.4, -0.2) is 54.2 Å². The number of hydrogen-bond donors (Lipinski definition) is 5. The van der Waals surface area contributed by atoms with E-state index in [1.165, 1.54) is 0 Å². The largest absolute Gasteiger partial charge is 0.349 e. The van der Waals surface area contributed by atoms with Crippen molar-refractivity contribution in [1.29, 1.82) is 0 Å².